The van der Waals surface area contributed by atoms with Crippen LogP contribution in [0.15, 0.2) is 24.4 Å². The number of anilines is 3. The lowest BCUT2D eigenvalue weighted by Gasteiger charge is -2.39. The molecular formula is C20H28N8O3. The van der Waals surface area contributed by atoms with Crippen molar-refractivity contribution in [2.24, 2.45) is 5.41 Å². The van der Waals surface area contributed by atoms with Gasteiger partial charge in [-0.05, 0) is 25.5 Å². The lowest BCUT2D eigenvalue weighted by atomic mass is 9.85. The van der Waals surface area contributed by atoms with Crippen molar-refractivity contribution >= 4 is 29.0 Å². The number of aliphatic hydroxyl groups is 2. The van der Waals surface area contributed by atoms with Crippen LogP contribution in [0.5, 0.6) is 0 Å². The first-order valence-electron chi connectivity index (χ1n) is 10.4. The van der Waals surface area contributed by atoms with Crippen LogP contribution in [0.25, 0.3) is 5.52 Å². The van der Waals surface area contributed by atoms with Crippen LogP contribution in [-0.4, -0.2) is 85.2 Å². The summed E-state index contributed by atoms with van der Waals surface area (Å²) in [6, 6.07) is 5.73. The quantitative estimate of drug-likeness (QED) is 0.428. The van der Waals surface area contributed by atoms with E-state index in [4.69, 9.17) is 4.98 Å². The topological polar surface area (TPSA) is 135 Å². The second-order valence-electron chi connectivity index (χ2n) is 7.89. The van der Waals surface area contributed by atoms with E-state index in [1.165, 1.54) is 0 Å². The van der Waals surface area contributed by atoms with E-state index in [9.17, 15) is 15.0 Å². The van der Waals surface area contributed by atoms with Gasteiger partial charge in [0.1, 0.15) is 5.52 Å². The zero-order chi connectivity index (χ0) is 22.0. The van der Waals surface area contributed by atoms with Crippen LogP contribution in [0.2, 0.25) is 0 Å². The molecule has 0 saturated carbocycles. The van der Waals surface area contributed by atoms with Crippen molar-refractivity contribution in [2.75, 3.05) is 49.6 Å². The van der Waals surface area contributed by atoms with Crippen LogP contribution in [0.1, 0.15) is 19.0 Å². The molecule has 0 unspecified atom stereocenters. The Morgan fingerprint density at radius 2 is 2.00 bits per heavy atom. The van der Waals surface area contributed by atoms with Gasteiger partial charge in [-0.1, -0.05) is 6.92 Å². The molecule has 3 aromatic rings. The fourth-order valence-electron chi connectivity index (χ4n) is 3.76. The smallest absolute Gasteiger partial charge is 0.245 e. The number of piperazine rings is 1. The molecule has 166 valence electrons. The van der Waals surface area contributed by atoms with Gasteiger partial charge >= 0.3 is 0 Å². The van der Waals surface area contributed by atoms with Crippen LogP contribution in [0.3, 0.4) is 0 Å². The van der Waals surface area contributed by atoms with Gasteiger partial charge in [0.15, 0.2) is 11.6 Å². The van der Waals surface area contributed by atoms with Crippen LogP contribution >= 0.6 is 0 Å². The lowest BCUT2D eigenvalue weighted by molar-refractivity contribution is -0.148. The number of amides is 1. The first-order valence-corrected chi connectivity index (χ1v) is 10.4. The summed E-state index contributed by atoms with van der Waals surface area (Å²) < 4.78 is 1.77. The number of rotatable bonds is 7. The molecule has 1 fully saturated rings. The fraction of sp³-hybridized carbons (Fsp3) is 0.500. The first-order chi connectivity index (χ1) is 15.0. The summed E-state index contributed by atoms with van der Waals surface area (Å²) in [7, 11) is 0. The Morgan fingerprint density at radius 3 is 2.61 bits per heavy atom. The maximum atomic E-state index is 12.9. The highest BCUT2D eigenvalue weighted by Gasteiger charge is 2.39. The molecule has 1 aliphatic heterocycles. The predicted molar refractivity (Wildman–Crippen MR) is 115 cm³/mol. The molecule has 0 bridgehead atoms. The molecule has 0 spiro atoms. The summed E-state index contributed by atoms with van der Waals surface area (Å²) in [5.41, 5.74) is 0.649. The van der Waals surface area contributed by atoms with Gasteiger partial charge in [-0.15, -0.1) is 5.10 Å². The molecule has 0 radical (unpaired) electrons. The number of hydrogen-bond acceptors (Lipinski definition) is 8. The van der Waals surface area contributed by atoms with E-state index in [0.29, 0.717) is 50.2 Å². The summed E-state index contributed by atoms with van der Waals surface area (Å²) in [5.74, 6) is 1.66. The van der Waals surface area contributed by atoms with E-state index in [1.807, 2.05) is 36.2 Å². The molecule has 11 heteroatoms. The molecule has 3 aromatic heterocycles. The van der Waals surface area contributed by atoms with Gasteiger partial charge in [-0.2, -0.15) is 10.1 Å². The number of nitrogens with zero attached hydrogens (tertiary/aromatic N) is 6. The average Bonchev–Trinajstić information content (AvgIpc) is 3.44. The third-order valence-electron chi connectivity index (χ3n) is 5.92. The van der Waals surface area contributed by atoms with Crippen molar-refractivity contribution in [2.45, 2.75) is 20.3 Å². The minimum atomic E-state index is -1.12. The third-order valence-corrected chi connectivity index (χ3v) is 5.92. The number of aryl methyl sites for hydroxylation is 1. The average molecular weight is 428 g/mol. The van der Waals surface area contributed by atoms with E-state index in [2.05, 4.69) is 20.6 Å². The number of nitrogens with one attached hydrogen (secondary N) is 2. The number of aromatic nitrogens is 5. The monoisotopic (exact) mass is 428 g/mol. The van der Waals surface area contributed by atoms with Crippen LogP contribution in [0.4, 0.5) is 17.6 Å². The van der Waals surface area contributed by atoms with Gasteiger partial charge in [0.2, 0.25) is 11.9 Å². The summed E-state index contributed by atoms with van der Waals surface area (Å²) in [6.07, 6.45) is 2.24. The molecule has 1 saturated heterocycles. The van der Waals surface area contributed by atoms with Crippen molar-refractivity contribution in [3.63, 3.8) is 0 Å². The molecule has 11 nitrogen and oxygen atoms in total. The molecule has 0 atom stereocenters. The van der Waals surface area contributed by atoms with Gasteiger partial charge in [0, 0.05) is 44.1 Å². The maximum absolute atomic E-state index is 12.9. The van der Waals surface area contributed by atoms with Gasteiger partial charge in [0.25, 0.3) is 0 Å². The van der Waals surface area contributed by atoms with Gasteiger partial charge in [0.05, 0.1) is 18.6 Å². The van der Waals surface area contributed by atoms with Gasteiger partial charge in [-0.3, -0.25) is 9.89 Å². The van der Waals surface area contributed by atoms with Crippen LogP contribution < -0.4 is 10.2 Å². The minimum absolute atomic E-state index is 0.210. The lowest BCUT2D eigenvalue weighted by Crippen LogP contribution is -2.55. The zero-order valence-electron chi connectivity index (χ0n) is 17.7. The fourth-order valence-corrected chi connectivity index (χ4v) is 3.76. The number of aliphatic hydroxyl groups excluding tert-OH is 2. The Bertz CT molecular complexity index is 1040. The predicted octanol–water partition coefficient (Wildman–Crippen LogP) is 0.534. The largest absolute Gasteiger partial charge is 0.395 e. The highest BCUT2D eigenvalue weighted by Crippen LogP contribution is 2.26. The number of H-pyrrole nitrogens is 1. The molecule has 31 heavy (non-hydrogen) atoms. The zero-order valence-corrected chi connectivity index (χ0v) is 17.7. The molecule has 1 amide bonds. The summed E-state index contributed by atoms with van der Waals surface area (Å²) in [6.45, 7) is 5.03. The minimum Gasteiger partial charge on any atom is -0.395 e. The normalized spacial score (nSPS) is 15.0. The molecule has 4 heterocycles. The molecule has 0 aromatic carbocycles. The molecule has 0 aliphatic carbocycles. The van der Waals surface area contributed by atoms with E-state index < -0.39 is 5.41 Å². The van der Waals surface area contributed by atoms with Crippen molar-refractivity contribution in [3.05, 3.63) is 30.1 Å². The summed E-state index contributed by atoms with van der Waals surface area (Å²) in [4.78, 5) is 21.3. The maximum Gasteiger partial charge on any atom is 0.245 e. The van der Waals surface area contributed by atoms with Crippen molar-refractivity contribution < 1.29 is 15.0 Å². The highest BCUT2D eigenvalue weighted by atomic mass is 16.3. The Hall–Kier alpha value is -3.18. The standard InChI is InChI=1S/C20H28N8O3/c1-3-20(12-29,13-30)18(31)26-7-9-27(10-8-26)19-22-17(15-5-4-6-28(15)25-19)21-16-11-14(2)23-24-16/h4-6,11,29-30H,3,7-10,12-13H2,1-2H3,(H2,21,22,23,24,25). The Labute approximate surface area is 179 Å². The first kappa shape index (κ1) is 21.1. The van der Waals surface area contributed by atoms with E-state index in [1.54, 1.807) is 16.3 Å². The van der Waals surface area contributed by atoms with E-state index in [-0.39, 0.29) is 19.1 Å². The second kappa shape index (κ2) is 8.52. The Kier molecular flexibility index (Phi) is 5.79. The van der Waals surface area contributed by atoms with Crippen LogP contribution in [0, 0.1) is 12.3 Å². The summed E-state index contributed by atoms with van der Waals surface area (Å²) >= 11 is 0. The highest BCUT2D eigenvalue weighted by molar-refractivity contribution is 5.83. The number of carbonyl (C=O) groups is 1. The molecule has 4 rings (SSSR count). The second-order valence-corrected chi connectivity index (χ2v) is 7.89. The van der Waals surface area contributed by atoms with Gasteiger partial charge < -0.3 is 25.3 Å². The number of fused-ring (bicyclic) bond motifs is 1. The molecule has 1 aliphatic rings. The number of hydrogen-bond donors (Lipinski definition) is 4. The van der Waals surface area contributed by atoms with Crippen molar-refractivity contribution in [3.8, 4) is 0 Å². The van der Waals surface area contributed by atoms with E-state index in [0.717, 1.165) is 11.2 Å². The number of carbonyl (C=O) groups excluding carboxylic acids is 1. The molecular weight excluding hydrogens is 400 g/mol. The van der Waals surface area contributed by atoms with Crippen molar-refractivity contribution in [1.29, 1.82) is 0 Å². The van der Waals surface area contributed by atoms with Gasteiger partial charge in [-0.25, -0.2) is 4.52 Å². The van der Waals surface area contributed by atoms with Crippen LogP contribution in [-0.2, 0) is 4.79 Å². The SMILES string of the molecule is CCC(CO)(CO)C(=O)N1CCN(c2nc(Nc3cc(C)[nH]n3)c3cccn3n2)CC1. The third kappa shape index (κ3) is 3.93. The van der Waals surface area contributed by atoms with E-state index >= 15 is 0 Å². The Balaban J connectivity index is 1.52. The van der Waals surface area contributed by atoms with Crippen molar-refractivity contribution in [1.82, 2.24) is 29.7 Å². The summed E-state index contributed by atoms with van der Waals surface area (Å²) in [5, 5.41) is 34.3. The number of aromatic amines is 1. The molecule has 4 N–H and O–H groups in total. The Morgan fingerprint density at radius 1 is 1.26 bits per heavy atom.